The number of likely N-dealkylation sites (tertiary alicyclic amines) is 1. The number of amides is 1. The minimum atomic E-state index is -0.260. The number of fused-ring (bicyclic) bond motifs is 1. The maximum absolute atomic E-state index is 13.3. The van der Waals surface area contributed by atoms with Crippen LogP contribution in [0.1, 0.15) is 57.4 Å². The Morgan fingerprint density at radius 1 is 1.14 bits per heavy atom. The molecule has 1 aromatic heterocycles. The second-order valence-corrected chi connectivity index (χ2v) is 10.1. The number of piperidine rings is 1. The third kappa shape index (κ3) is 8.66. The molecule has 1 aromatic carbocycles. The first kappa shape index (κ1) is 28.8. The second-order valence-electron chi connectivity index (χ2n) is 10.1. The van der Waals surface area contributed by atoms with E-state index in [0.717, 1.165) is 25.9 Å². The molecule has 204 valence electrons. The van der Waals surface area contributed by atoms with E-state index in [1.54, 1.807) is 19.2 Å². The van der Waals surface area contributed by atoms with Gasteiger partial charge in [-0.15, -0.1) is 0 Å². The fourth-order valence-electron chi connectivity index (χ4n) is 4.42. The average Bonchev–Trinajstić information content (AvgIpc) is 2.86. The van der Waals surface area contributed by atoms with Crippen molar-refractivity contribution in [2.24, 2.45) is 5.92 Å². The van der Waals surface area contributed by atoms with Crippen LogP contribution in [0.2, 0.25) is 0 Å². The van der Waals surface area contributed by atoms with Crippen LogP contribution in [0.4, 0.5) is 0 Å². The number of aromatic nitrogens is 1. The van der Waals surface area contributed by atoms with E-state index in [1.165, 1.54) is 0 Å². The molecule has 1 amide bonds. The minimum Gasteiger partial charge on any atom is -0.490 e. The van der Waals surface area contributed by atoms with Gasteiger partial charge >= 0.3 is 0 Å². The Hall–Kier alpha value is -2.75. The first-order valence-corrected chi connectivity index (χ1v) is 13.1. The fourth-order valence-corrected chi connectivity index (χ4v) is 4.42. The van der Waals surface area contributed by atoms with Gasteiger partial charge in [-0.2, -0.15) is 0 Å². The van der Waals surface area contributed by atoms with Crippen LogP contribution in [0, 0.1) is 5.92 Å². The zero-order chi connectivity index (χ0) is 26.8. The Balaban J connectivity index is 1.85. The summed E-state index contributed by atoms with van der Waals surface area (Å²) in [7, 11) is 1.56. The molecular weight excluding hydrogens is 474 g/mol. The summed E-state index contributed by atoms with van der Waals surface area (Å²) in [5, 5.41) is 3.85. The van der Waals surface area contributed by atoms with E-state index >= 15 is 0 Å². The van der Waals surface area contributed by atoms with Crippen molar-refractivity contribution in [2.45, 2.75) is 59.0 Å². The van der Waals surface area contributed by atoms with Gasteiger partial charge in [-0.25, -0.2) is 4.98 Å². The standard InChI is InChI=1S/C28H41N3O6/c1-19(2)14-22(32)17-37-25-10-6-9-23-26(36-13-12-35-18-34-5)15-24(30-27(23)25)28(33)29-21-8-7-11-31(16-21)20(3)4/h6,9-10,15,19-21H,7-8,11-14,16-18H2,1-5H3,(H,29,33)/t21-/m1/s1. The summed E-state index contributed by atoms with van der Waals surface area (Å²) in [4.78, 5) is 32.6. The Bertz CT molecular complexity index is 1040. The van der Waals surface area contributed by atoms with E-state index in [2.05, 4.69) is 29.0 Å². The zero-order valence-electron chi connectivity index (χ0n) is 22.7. The number of ketones is 1. The van der Waals surface area contributed by atoms with Gasteiger partial charge in [0.15, 0.2) is 5.78 Å². The van der Waals surface area contributed by atoms with Crippen molar-refractivity contribution >= 4 is 22.6 Å². The average molecular weight is 516 g/mol. The van der Waals surface area contributed by atoms with Gasteiger partial charge in [0.1, 0.15) is 42.7 Å². The lowest BCUT2D eigenvalue weighted by Crippen LogP contribution is -2.49. The summed E-state index contributed by atoms with van der Waals surface area (Å²) in [5.74, 6) is 0.947. The maximum atomic E-state index is 13.3. The van der Waals surface area contributed by atoms with E-state index in [9.17, 15) is 9.59 Å². The number of hydrogen-bond donors (Lipinski definition) is 1. The third-order valence-electron chi connectivity index (χ3n) is 6.23. The largest absolute Gasteiger partial charge is 0.490 e. The lowest BCUT2D eigenvalue weighted by molar-refractivity contribution is -0.121. The molecule has 1 atom stereocenters. The summed E-state index contributed by atoms with van der Waals surface area (Å²) >= 11 is 0. The Labute approximate surface area is 219 Å². The Kier molecular flexibility index (Phi) is 11.1. The predicted molar refractivity (Wildman–Crippen MR) is 142 cm³/mol. The number of nitrogens with zero attached hydrogens (tertiary/aromatic N) is 2. The molecule has 0 spiro atoms. The number of methoxy groups -OCH3 is 1. The quantitative estimate of drug-likeness (QED) is 0.299. The van der Waals surface area contributed by atoms with Crippen LogP contribution < -0.4 is 14.8 Å². The monoisotopic (exact) mass is 515 g/mol. The van der Waals surface area contributed by atoms with Gasteiger partial charge < -0.3 is 24.3 Å². The van der Waals surface area contributed by atoms with Crippen LogP contribution >= 0.6 is 0 Å². The van der Waals surface area contributed by atoms with E-state index in [0.29, 0.717) is 41.5 Å². The first-order valence-electron chi connectivity index (χ1n) is 13.1. The molecule has 0 saturated carbocycles. The van der Waals surface area contributed by atoms with Crippen molar-refractivity contribution in [3.05, 3.63) is 30.0 Å². The van der Waals surface area contributed by atoms with Crippen molar-refractivity contribution in [1.82, 2.24) is 15.2 Å². The molecule has 37 heavy (non-hydrogen) atoms. The fraction of sp³-hybridized carbons (Fsp3) is 0.607. The number of benzene rings is 1. The van der Waals surface area contributed by atoms with Gasteiger partial charge in [0.05, 0.1) is 6.61 Å². The summed E-state index contributed by atoms with van der Waals surface area (Å²) in [5.41, 5.74) is 0.722. The number of carbonyl (C=O) groups excluding carboxylic acids is 2. The molecule has 1 N–H and O–H groups in total. The molecule has 1 fully saturated rings. The van der Waals surface area contributed by atoms with Crippen LogP contribution in [-0.4, -0.2) is 80.5 Å². The molecule has 2 heterocycles. The van der Waals surface area contributed by atoms with Crippen LogP contribution in [0.15, 0.2) is 24.3 Å². The predicted octanol–water partition coefficient (Wildman–Crippen LogP) is 3.83. The van der Waals surface area contributed by atoms with Gasteiger partial charge in [-0.3, -0.25) is 14.5 Å². The summed E-state index contributed by atoms with van der Waals surface area (Å²) in [6.07, 6.45) is 2.40. The normalized spacial score (nSPS) is 16.4. The number of para-hydroxylation sites is 1. The van der Waals surface area contributed by atoms with Crippen LogP contribution in [0.3, 0.4) is 0 Å². The Morgan fingerprint density at radius 3 is 2.68 bits per heavy atom. The molecule has 0 radical (unpaired) electrons. The van der Waals surface area contributed by atoms with E-state index in [4.69, 9.17) is 18.9 Å². The molecule has 0 unspecified atom stereocenters. The van der Waals surface area contributed by atoms with Crippen molar-refractivity contribution in [1.29, 1.82) is 0 Å². The van der Waals surface area contributed by atoms with Crippen LogP contribution in [-0.2, 0) is 14.3 Å². The smallest absolute Gasteiger partial charge is 0.270 e. The molecule has 9 heteroatoms. The number of carbonyl (C=O) groups is 2. The maximum Gasteiger partial charge on any atom is 0.270 e. The number of hydrogen-bond acceptors (Lipinski definition) is 8. The summed E-state index contributed by atoms with van der Waals surface area (Å²) in [6, 6.07) is 7.57. The molecule has 0 aliphatic carbocycles. The van der Waals surface area contributed by atoms with Crippen molar-refractivity contribution in [2.75, 3.05) is 46.8 Å². The van der Waals surface area contributed by atoms with Gasteiger partial charge in [-0.1, -0.05) is 19.9 Å². The zero-order valence-corrected chi connectivity index (χ0v) is 22.7. The highest BCUT2D eigenvalue weighted by Gasteiger charge is 2.24. The number of nitrogens with one attached hydrogen (secondary N) is 1. The topological polar surface area (TPSA) is 99.2 Å². The molecular formula is C28H41N3O6. The van der Waals surface area contributed by atoms with Crippen molar-refractivity contribution < 1.29 is 28.5 Å². The van der Waals surface area contributed by atoms with Crippen molar-refractivity contribution in [3.63, 3.8) is 0 Å². The van der Waals surface area contributed by atoms with Gasteiger partial charge in [0.2, 0.25) is 0 Å². The van der Waals surface area contributed by atoms with Gasteiger partial charge in [0.25, 0.3) is 5.91 Å². The highest BCUT2D eigenvalue weighted by Crippen LogP contribution is 2.32. The van der Waals surface area contributed by atoms with Gasteiger partial charge in [-0.05, 0) is 51.3 Å². The number of rotatable bonds is 14. The summed E-state index contributed by atoms with van der Waals surface area (Å²) < 4.78 is 22.1. The molecule has 9 nitrogen and oxygen atoms in total. The molecule has 3 rings (SSSR count). The molecule has 1 aliphatic heterocycles. The number of pyridine rings is 1. The van der Waals surface area contributed by atoms with E-state index in [-0.39, 0.29) is 49.4 Å². The highest BCUT2D eigenvalue weighted by atomic mass is 16.7. The van der Waals surface area contributed by atoms with Gasteiger partial charge in [0, 0.05) is 43.6 Å². The Morgan fingerprint density at radius 2 is 1.95 bits per heavy atom. The molecule has 1 aliphatic rings. The van der Waals surface area contributed by atoms with E-state index in [1.807, 2.05) is 26.0 Å². The number of Topliss-reactive ketones (excluding diaryl/α,β-unsaturated/α-hetero) is 1. The number of ether oxygens (including phenoxy) is 4. The van der Waals surface area contributed by atoms with Crippen LogP contribution in [0.5, 0.6) is 11.5 Å². The second kappa shape index (κ2) is 14.3. The van der Waals surface area contributed by atoms with Crippen LogP contribution in [0.25, 0.3) is 10.9 Å². The lowest BCUT2D eigenvalue weighted by Gasteiger charge is -2.35. The lowest BCUT2D eigenvalue weighted by atomic mass is 10.0. The molecule has 2 aromatic rings. The first-order chi connectivity index (χ1) is 17.8. The highest BCUT2D eigenvalue weighted by molar-refractivity contribution is 5.98. The minimum absolute atomic E-state index is 0.0136. The molecule has 1 saturated heterocycles. The van der Waals surface area contributed by atoms with Crippen molar-refractivity contribution in [3.8, 4) is 11.5 Å². The third-order valence-corrected chi connectivity index (χ3v) is 6.23. The van der Waals surface area contributed by atoms with E-state index < -0.39 is 0 Å². The summed E-state index contributed by atoms with van der Waals surface area (Å²) in [6.45, 7) is 10.9. The molecule has 0 bridgehead atoms. The SMILES string of the molecule is COCOCCOc1cc(C(=O)N[C@@H]2CCCN(C(C)C)C2)nc2c(OCC(=O)CC(C)C)cccc12.